The number of aromatic nitrogens is 3. The number of piperazine rings is 1. The van der Waals surface area contributed by atoms with Crippen LogP contribution in [0.2, 0.25) is 0 Å². The average molecular weight is 625 g/mol. The van der Waals surface area contributed by atoms with Crippen LogP contribution in [0.4, 0.5) is 10.5 Å². The highest BCUT2D eigenvalue weighted by atomic mass is 16.5. The number of carbonyl (C=O) groups is 1. The van der Waals surface area contributed by atoms with Crippen molar-refractivity contribution >= 4 is 22.8 Å². The number of amides is 2. The number of benzene rings is 2. The lowest BCUT2D eigenvalue weighted by atomic mass is 10.0. The second-order valence-corrected chi connectivity index (χ2v) is 12.5. The molecule has 4 heterocycles. The van der Waals surface area contributed by atoms with E-state index >= 15 is 0 Å². The molecule has 2 fully saturated rings. The predicted molar refractivity (Wildman–Crippen MR) is 184 cm³/mol. The molecule has 244 valence electrons. The zero-order valence-corrected chi connectivity index (χ0v) is 27.4. The smallest absolute Gasteiger partial charge is 0.315 e. The minimum Gasteiger partial charge on any atom is -0.381 e. The summed E-state index contributed by atoms with van der Waals surface area (Å²) < 4.78 is 7.53. The molecule has 2 aromatic heterocycles. The number of hydrogen-bond donors (Lipinski definition) is 4. The highest BCUT2D eigenvalue weighted by molar-refractivity contribution is 5.92. The minimum atomic E-state index is -0.207. The van der Waals surface area contributed by atoms with Crippen molar-refractivity contribution in [3.63, 3.8) is 0 Å². The zero-order chi connectivity index (χ0) is 31.9. The summed E-state index contributed by atoms with van der Waals surface area (Å²) in [6.45, 7) is 13.6. The van der Waals surface area contributed by atoms with Crippen molar-refractivity contribution in [2.75, 3.05) is 38.2 Å². The number of nitrogens with zero attached hydrogens (tertiary/aromatic N) is 4. The van der Waals surface area contributed by atoms with Crippen molar-refractivity contribution in [2.45, 2.75) is 78.3 Å². The van der Waals surface area contributed by atoms with Gasteiger partial charge in [0.1, 0.15) is 0 Å². The molecule has 2 amide bonds. The largest absolute Gasteiger partial charge is 0.381 e. The van der Waals surface area contributed by atoms with E-state index in [4.69, 9.17) is 9.72 Å². The first-order valence-corrected chi connectivity index (χ1v) is 16.9. The molecule has 4 N–H and O–H groups in total. The number of hydrogen-bond acceptors (Lipinski definition) is 7. The fourth-order valence-corrected chi connectivity index (χ4v) is 6.64. The Balaban J connectivity index is 1.11. The van der Waals surface area contributed by atoms with Crippen LogP contribution in [-0.4, -0.2) is 70.6 Å². The number of pyridine rings is 1. The summed E-state index contributed by atoms with van der Waals surface area (Å²) in [5.41, 5.74) is 8.61. The second kappa shape index (κ2) is 15.1. The molecule has 0 spiro atoms. The van der Waals surface area contributed by atoms with Gasteiger partial charge in [-0.15, -0.1) is 0 Å². The number of ether oxygens (including phenoxy) is 1. The highest BCUT2D eigenvalue weighted by Crippen LogP contribution is 2.31. The van der Waals surface area contributed by atoms with Gasteiger partial charge in [0.2, 0.25) is 0 Å². The number of aryl methyl sites for hydroxylation is 2. The van der Waals surface area contributed by atoms with Gasteiger partial charge in [-0.3, -0.25) is 4.90 Å². The quantitative estimate of drug-likeness (QED) is 0.185. The number of nitrogens with one attached hydrogen (secondary N) is 4. The molecule has 0 unspecified atom stereocenters. The Bertz CT molecular complexity index is 1630. The van der Waals surface area contributed by atoms with Gasteiger partial charge in [-0.25, -0.2) is 14.5 Å². The van der Waals surface area contributed by atoms with Gasteiger partial charge in [0.15, 0.2) is 5.65 Å². The molecule has 0 aliphatic carbocycles. The van der Waals surface area contributed by atoms with Gasteiger partial charge < -0.3 is 26.0 Å². The molecule has 2 aliphatic heterocycles. The summed E-state index contributed by atoms with van der Waals surface area (Å²) >= 11 is 0. The number of urea groups is 1. The Kier molecular flexibility index (Phi) is 10.5. The van der Waals surface area contributed by atoms with E-state index in [9.17, 15) is 4.79 Å². The van der Waals surface area contributed by atoms with E-state index in [1.54, 1.807) is 0 Å². The predicted octanol–water partition coefficient (Wildman–Crippen LogP) is 5.06. The first-order chi connectivity index (χ1) is 22.5. The Morgan fingerprint density at radius 3 is 2.50 bits per heavy atom. The van der Waals surface area contributed by atoms with E-state index in [0.717, 1.165) is 104 Å². The molecule has 2 aromatic carbocycles. The number of carbonyl (C=O) groups excluding carboxylic acids is 1. The molecule has 2 saturated heterocycles. The summed E-state index contributed by atoms with van der Waals surface area (Å²) in [7, 11) is 0. The van der Waals surface area contributed by atoms with Gasteiger partial charge in [0, 0.05) is 82.4 Å². The second-order valence-electron chi connectivity index (χ2n) is 12.5. The highest BCUT2D eigenvalue weighted by Gasteiger charge is 2.22. The molecule has 0 bridgehead atoms. The van der Waals surface area contributed by atoms with Crippen LogP contribution in [0.25, 0.3) is 22.2 Å². The van der Waals surface area contributed by atoms with Crippen molar-refractivity contribution in [3.8, 4) is 11.1 Å². The monoisotopic (exact) mass is 624 g/mol. The molecule has 4 aromatic rings. The van der Waals surface area contributed by atoms with Crippen LogP contribution in [0.15, 0.2) is 54.7 Å². The third kappa shape index (κ3) is 7.68. The molecule has 46 heavy (non-hydrogen) atoms. The molecule has 1 atom stereocenters. The van der Waals surface area contributed by atoms with Gasteiger partial charge in [-0.1, -0.05) is 43.3 Å². The Morgan fingerprint density at radius 2 is 1.76 bits per heavy atom. The maximum atomic E-state index is 13.1. The minimum absolute atomic E-state index is 0.207. The molecular weight excluding hydrogens is 576 g/mol. The fourth-order valence-electron chi connectivity index (χ4n) is 6.64. The Hall–Kier alpha value is -3.99. The summed E-state index contributed by atoms with van der Waals surface area (Å²) in [5.74, 6) is 0. The average Bonchev–Trinajstić information content (AvgIpc) is 3.50. The summed E-state index contributed by atoms with van der Waals surface area (Å²) in [5, 5.41) is 19.1. The van der Waals surface area contributed by atoms with Crippen LogP contribution in [0.1, 0.15) is 56.0 Å². The third-order valence-electron chi connectivity index (χ3n) is 9.10. The zero-order valence-electron chi connectivity index (χ0n) is 27.4. The fraction of sp³-hybridized carbons (Fsp3) is 0.472. The third-order valence-corrected chi connectivity index (χ3v) is 9.10. The first kappa shape index (κ1) is 32.0. The van der Waals surface area contributed by atoms with Crippen molar-refractivity contribution in [1.82, 2.24) is 35.6 Å². The first-order valence-electron chi connectivity index (χ1n) is 16.9. The van der Waals surface area contributed by atoms with Crippen LogP contribution in [-0.2, 0) is 37.3 Å². The van der Waals surface area contributed by atoms with Crippen LogP contribution < -0.4 is 21.3 Å². The number of rotatable bonds is 11. The maximum Gasteiger partial charge on any atom is 0.315 e. The topological polar surface area (TPSA) is 108 Å². The van der Waals surface area contributed by atoms with Gasteiger partial charge in [0.25, 0.3) is 0 Å². The molecular formula is C36H48N8O2. The van der Waals surface area contributed by atoms with E-state index in [1.165, 1.54) is 11.1 Å². The van der Waals surface area contributed by atoms with E-state index in [0.29, 0.717) is 25.2 Å². The Morgan fingerprint density at radius 1 is 1.02 bits per heavy atom. The molecule has 0 radical (unpaired) electrons. The van der Waals surface area contributed by atoms with Crippen LogP contribution in [0.3, 0.4) is 0 Å². The van der Waals surface area contributed by atoms with Crippen molar-refractivity contribution in [3.05, 3.63) is 77.1 Å². The standard InChI is InChI=1S/C36H48N8O2/c1-4-33-31(34(41-30-12-16-46-17-13-30)32-22-40-44(5-2)35(32)42-33)21-39-36(45)38-20-26-8-6-10-28(18-26)29-11-7-9-27(19-29)24-43-15-14-37-25(3)23-43/h6-11,18-19,22,25,30,37H,4-5,12-17,20-21,23-24H2,1-3H3,(H,41,42)(H2,38,39,45)/t25-/m1/s1. The SMILES string of the molecule is CCc1nc2c(cnn2CC)c(NC2CCOCC2)c1CNC(=O)NCc1cccc(-c2cccc(CN3CCN[C@H](C)C3)c2)c1. The molecule has 10 nitrogen and oxygen atoms in total. The number of fused-ring (bicyclic) bond motifs is 1. The van der Waals surface area contributed by atoms with E-state index in [-0.39, 0.29) is 6.03 Å². The van der Waals surface area contributed by atoms with Gasteiger partial charge >= 0.3 is 6.03 Å². The molecule has 0 saturated carbocycles. The summed E-state index contributed by atoms with van der Waals surface area (Å²) in [4.78, 5) is 20.6. The van der Waals surface area contributed by atoms with Crippen molar-refractivity contribution < 1.29 is 9.53 Å². The summed E-state index contributed by atoms with van der Waals surface area (Å²) in [6, 6.07) is 17.9. The number of anilines is 1. The van der Waals surface area contributed by atoms with E-state index in [2.05, 4.69) is 101 Å². The lowest BCUT2D eigenvalue weighted by Gasteiger charge is -2.31. The molecule has 6 rings (SSSR count). The van der Waals surface area contributed by atoms with E-state index in [1.807, 2.05) is 10.9 Å². The maximum absolute atomic E-state index is 13.1. The molecule has 2 aliphatic rings. The van der Waals surface area contributed by atoms with E-state index < -0.39 is 0 Å². The van der Waals surface area contributed by atoms with Crippen molar-refractivity contribution in [2.24, 2.45) is 0 Å². The van der Waals surface area contributed by atoms with Crippen molar-refractivity contribution in [1.29, 1.82) is 0 Å². The van der Waals surface area contributed by atoms with Crippen LogP contribution in [0, 0.1) is 0 Å². The lowest BCUT2D eigenvalue weighted by molar-refractivity contribution is 0.0904. The summed E-state index contributed by atoms with van der Waals surface area (Å²) in [6.07, 6.45) is 4.54. The van der Waals surface area contributed by atoms with Crippen LogP contribution in [0.5, 0.6) is 0 Å². The molecule has 10 heteroatoms. The normalized spacial score (nSPS) is 17.7. The van der Waals surface area contributed by atoms with Crippen LogP contribution >= 0.6 is 0 Å². The van der Waals surface area contributed by atoms with Gasteiger partial charge in [-0.2, -0.15) is 5.10 Å². The lowest BCUT2D eigenvalue weighted by Crippen LogP contribution is -2.48. The van der Waals surface area contributed by atoms with Gasteiger partial charge in [-0.05, 0) is 67.5 Å². The Labute approximate surface area is 272 Å². The van der Waals surface area contributed by atoms with Gasteiger partial charge in [0.05, 0.1) is 17.3 Å².